The Bertz CT molecular complexity index is 772. The van der Waals surface area contributed by atoms with Gasteiger partial charge < -0.3 is 14.6 Å². The summed E-state index contributed by atoms with van der Waals surface area (Å²) in [4.78, 5) is 30.2. The first-order chi connectivity index (χ1) is 13.3. The lowest BCUT2D eigenvalue weighted by Crippen LogP contribution is -2.52. The third-order valence-corrected chi connectivity index (χ3v) is 7.18. The molecule has 2 aliphatic heterocycles. The zero-order valence-corrected chi connectivity index (χ0v) is 17.0. The summed E-state index contributed by atoms with van der Waals surface area (Å²) in [6, 6.07) is 3.11. The van der Waals surface area contributed by atoms with Crippen molar-refractivity contribution in [2.45, 2.75) is 12.5 Å². The average Bonchev–Trinajstić information content (AvgIpc) is 3.32. The van der Waals surface area contributed by atoms with Gasteiger partial charge in [0.25, 0.3) is 5.91 Å². The van der Waals surface area contributed by atoms with Crippen LogP contribution in [0, 0.1) is 0 Å². The molecular formula is C18H28N4O5S. The highest BCUT2D eigenvalue weighted by molar-refractivity contribution is 7.91. The van der Waals surface area contributed by atoms with E-state index in [-0.39, 0.29) is 29.4 Å². The third-order valence-electron chi connectivity index (χ3n) is 5.43. The number of nitrogens with one attached hydrogen (secondary N) is 1. The molecular weight excluding hydrogens is 384 g/mol. The van der Waals surface area contributed by atoms with Gasteiger partial charge in [0, 0.05) is 52.4 Å². The minimum absolute atomic E-state index is 0.0266. The highest BCUT2D eigenvalue weighted by Gasteiger charge is 2.33. The molecule has 2 amide bonds. The first-order valence-electron chi connectivity index (χ1n) is 9.56. The number of hydrogen-bond acceptors (Lipinski definition) is 7. The van der Waals surface area contributed by atoms with Crippen LogP contribution in [0.15, 0.2) is 22.8 Å². The molecule has 2 saturated heterocycles. The van der Waals surface area contributed by atoms with E-state index in [1.807, 2.05) is 0 Å². The maximum Gasteiger partial charge on any atom is 0.287 e. The molecule has 0 saturated carbocycles. The number of likely N-dealkylation sites (N-methyl/N-ethyl adjacent to an activating group) is 1. The normalized spacial score (nSPS) is 22.8. The van der Waals surface area contributed by atoms with E-state index in [1.165, 1.54) is 6.26 Å². The Morgan fingerprint density at radius 1 is 1.25 bits per heavy atom. The molecule has 156 valence electrons. The molecule has 10 heteroatoms. The quantitative estimate of drug-likeness (QED) is 0.630. The summed E-state index contributed by atoms with van der Waals surface area (Å²) in [5.74, 6) is 0.312. The molecule has 1 aromatic heterocycles. The van der Waals surface area contributed by atoms with Crippen LogP contribution in [0.25, 0.3) is 0 Å². The molecule has 1 aromatic rings. The van der Waals surface area contributed by atoms with Gasteiger partial charge in [-0.2, -0.15) is 0 Å². The van der Waals surface area contributed by atoms with Crippen LogP contribution >= 0.6 is 0 Å². The van der Waals surface area contributed by atoms with E-state index >= 15 is 0 Å². The van der Waals surface area contributed by atoms with Crippen LogP contribution in [0.1, 0.15) is 17.0 Å². The van der Waals surface area contributed by atoms with Crippen LogP contribution in [-0.4, -0.2) is 105 Å². The van der Waals surface area contributed by atoms with Crippen molar-refractivity contribution >= 4 is 21.7 Å². The van der Waals surface area contributed by atoms with Gasteiger partial charge in [-0.3, -0.25) is 19.4 Å². The predicted octanol–water partition coefficient (Wildman–Crippen LogP) is -0.727. The Labute approximate surface area is 165 Å². The molecule has 0 bridgehead atoms. The summed E-state index contributed by atoms with van der Waals surface area (Å²) in [6.45, 7) is 4.79. The second-order valence-electron chi connectivity index (χ2n) is 7.41. The van der Waals surface area contributed by atoms with Crippen LogP contribution < -0.4 is 5.32 Å². The number of carbonyl (C=O) groups is 2. The number of piperazine rings is 1. The van der Waals surface area contributed by atoms with E-state index in [0.717, 1.165) is 32.7 Å². The highest BCUT2D eigenvalue weighted by atomic mass is 32.2. The Balaban J connectivity index is 1.33. The number of nitrogens with zero attached hydrogens (tertiary/aromatic N) is 3. The van der Waals surface area contributed by atoms with Crippen LogP contribution in [0.5, 0.6) is 0 Å². The van der Waals surface area contributed by atoms with E-state index in [2.05, 4.69) is 15.1 Å². The summed E-state index contributed by atoms with van der Waals surface area (Å²) < 4.78 is 28.3. The van der Waals surface area contributed by atoms with E-state index < -0.39 is 9.84 Å². The van der Waals surface area contributed by atoms with Crippen molar-refractivity contribution in [2.75, 3.05) is 64.4 Å². The third kappa shape index (κ3) is 5.55. The number of carbonyl (C=O) groups excluding carboxylic acids is 2. The molecule has 1 unspecified atom stereocenters. The Hall–Kier alpha value is -1.91. The minimum atomic E-state index is -2.99. The van der Waals surface area contributed by atoms with Gasteiger partial charge >= 0.3 is 0 Å². The molecule has 0 aromatic carbocycles. The summed E-state index contributed by atoms with van der Waals surface area (Å²) >= 11 is 0. The van der Waals surface area contributed by atoms with Crippen molar-refractivity contribution in [1.82, 2.24) is 20.0 Å². The standard InChI is InChI=1S/C18H28N4O5S/c1-20(15-4-12-28(25,26)14-15)17(23)13-22-9-7-21(8-10-22)6-5-19-18(24)16-3-2-11-27-16/h2-3,11,15H,4-10,12-14H2,1H3,(H,19,24). The number of sulfone groups is 1. The molecule has 2 fully saturated rings. The molecule has 0 spiro atoms. The molecule has 2 aliphatic rings. The van der Waals surface area contributed by atoms with Gasteiger partial charge in [0.15, 0.2) is 15.6 Å². The lowest BCUT2D eigenvalue weighted by atomic mass is 10.2. The van der Waals surface area contributed by atoms with Crippen molar-refractivity contribution in [3.8, 4) is 0 Å². The Kier molecular flexibility index (Phi) is 6.73. The van der Waals surface area contributed by atoms with Gasteiger partial charge in [-0.15, -0.1) is 0 Å². The van der Waals surface area contributed by atoms with E-state index in [1.54, 1.807) is 24.1 Å². The topological polar surface area (TPSA) is 103 Å². The molecule has 28 heavy (non-hydrogen) atoms. The van der Waals surface area contributed by atoms with Gasteiger partial charge in [0.2, 0.25) is 5.91 Å². The summed E-state index contributed by atoms with van der Waals surface area (Å²) in [6.07, 6.45) is 2.00. The second kappa shape index (κ2) is 9.06. The zero-order chi connectivity index (χ0) is 20.1. The smallest absolute Gasteiger partial charge is 0.287 e. The van der Waals surface area contributed by atoms with Crippen LogP contribution in [0.3, 0.4) is 0 Å². The van der Waals surface area contributed by atoms with E-state index in [9.17, 15) is 18.0 Å². The van der Waals surface area contributed by atoms with Gasteiger partial charge in [-0.05, 0) is 18.6 Å². The van der Waals surface area contributed by atoms with Crippen LogP contribution in [-0.2, 0) is 14.6 Å². The molecule has 3 rings (SSSR count). The molecule has 9 nitrogen and oxygen atoms in total. The molecule has 0 radical (unpaired) electrons. The van der Waals surface area contributed by atoms with Gasteiger partial charge in [-0.25, -0.2) is 8.42 Å². The van der Waals surface area contributed by atoms with Gasteiger partial charge in [0.1, 0.15) is 0 Å². The fourth-order valence-corrected chi connectivity index (χ4v) is 5.36. The molecule has 3 heterocycles. The maximum atomic E-state index is 12.5. The number of furan rings is 1. The largest absolute Gasteiger partial charge is 0.459 e. The van der Waals surface area contributed by atoms with E-state index in [4.69, 9.17) is 4.42 Å². The molecule has 0 aliphatic carbocycles. The maximum absolute atomic E-state index is 12.5. The first-order valence-corrected chi connectivity index (χ1v) is 11.4. The number of amides is 2. The lowest BCUT2D eigenvalue weighted by Gasteiger charge is -2.35. The Morgan fingerprint density at radius 3 is 2.57 bits per heavy atom. The lowest BCUT2D eigenvalue weighted by molar-refractivity contribution is -0.133. The summed E-state index contributed by atoms with van der Waals surface area (Å²) in [5, 5.41) is 2.83. The second-order valence-corrected chi connectivity index (χ2v) is 9.64. The Morgan fingerprint density at radius 2 is 1.96 bits per heavy atom. The predicted molar refractivity (Wildman–Crippen MR) is 104 cm³/mol. The minimum Gasteiger partial charge on any atom is -0.459 e. The highest BCUT2D eigenvalue weighted by Crippen LogP contribution is 2.17. The van der Waals surface area contributed by atoms with Gasteiger partial charge in [-0.1, -0.05) is 0 Å². The SMILES string of the molecule is CN(C(=O)CN1CCN(CCNC(=O)c2ccco2)CC1)C1CCS(=O)(=O)C1. The number of hydrogen-bond donors (Lipinski definition) is 1. The van der Waals surface area contributed by atoms with Gasteiger partial charge in [0.05, 0.1) is 24.3 Å². The van der Waals surface area contributed by atoms with Crippen LogP contribution in [0.2, 0.25) is 0 Å². The van der Waals surface area contributed by atoms with Crippen molar-refractivity contribution in [3.63, 3.8) is 0 Å². The first kappa shape index (κ1) is 20.8. The van der Waals surface area contributed by atoms with Crippen molar-refractivity contribution in [3.05, 3.63) is 24.2 Å². The van der Waals surface area contributed by atoms with Crippen LogP contribution in [0.4, 0.5) is 0 Å². The summed E-state index contributed by atoms with van der Waals surface area (Å²) in [5.41, 5.74) is 0. The number of rotatable bonds is 7. The molecule has 1 N–H and O–H groups in total. The van der Waals surface area contributed by atoms with Crippen molar-refractivity contribution < 1.29 is 22.4 Å². The fourth-order valence-electron chi connectivity index (χ4n) is 3.58. The summed E-state index contributed by atoms with van der Waals surface area (Å²) in [7, 11) is -1.29. The average molecular weight is 413 g/mol. The van der Waals surface area contributed by atoms with Crippen molar-refractivity contribution in [1.29, 1.82) is 0 Å². The van der Waals surface area contributed by atoms with Crippen molar-refractivity contribution in [2.24, 2.45) is 0 Å². The zero-order valence-electron chi connectivity index (χ0n) is 16.2. The fraction of sp³-hybridized carbons (Fsp3) is 0.667. The monoisotopic (exact) mass is 412 g/mol. The van der Waals surface area contributed by atoms with E-state index in [0.29, 0.717) is 25.3 Å². The molecule has 1 atom stereocenters.